The van der Waals surface area contributed by atoms with Crippen LogP contribution in [0.4, 0.5) is 0 Å². The van der Waals surface area contributed by atoms with Crippen molar-refractivity contribution in [3.8, 4) is 11.5 Å². The van der Waals surface area contributed by atoms with Crippen molar-refractivity contribution in [2.24, 2.45) is 0 Å². The molecule has 1 aliphatic heterocycles. The quantitative estimate of drug-likeness (QED) is 0.765. The molecule has 1 aliphatic rings. The molecule has 0 saturated carbocycles. The van der Waals surface area contributed by atoms with Gasteiger partial charge in [0.05, 0.1) is 13.2 Å². The Balaban J connectivity index is 1.71. The van der Waals surface area contributed by atoms with E-state index in [1.807, 2.05) is 24.3 Å². The van der Waals surface area contributed by atoms with Gasteiger partial charge in [-0.25, -0.2) is 9.48 Å². The van der Waals surface area contributed by atoms with E-state index < -0.39 is 5.97 Å². The summed E-state index contributed by atoms with van der Waals surface area (Å²) in [5, 5.41) is 11.0. The van der Waals surface area contributed by atoms with Crippen LogP contribution in [0.15, 0.2) is 24.3 Å². The van der Waals surface area contributed by atoms with E-state index in [1.54, 1.807) is 6.92 Å². The molecule has 0 N–H and O–H groups in total. The van der Waals surface area contributed by atoms with Crippen molar-refractivity contribution in [2.75, 3.05) is 13.2 Å². The van der Waals surface area contributed by atoms with Crippen LogP contribution in [0.2, 0.25) is 0 Å². The number of ether oxygens (including phenoxy) is 3. The molecule has 1 unspecified atom stereocenters. The second kappa shape index (κ2) is 5.78. The number of tetrazole rings is 1. The first kappa shape index (κ1) is 13.3. The van der Waals surface area contributed by atoms with Crippen molar-refractivity contribution in [3.63, 3.8) is 0 Å². The maximum Gasteiger partial charge on any atom is 0.378 e. The minimum atomic E-state index is -0.556. The maximum absolute atomic E-state index is 11.7. The lowest BCUT2D eigenvalue weighted by Crippen LogP contribution is -2.34. The fraction of sp³-hybridized carbons (Fsp3) is 0.385. The van der Waals surface area contributed by atoms with E-state index in [-0.39, 0.29) is 18.5 Å². The first-order valence-electron chi connectivity index (χ1n) is 6.59. The summed E-state index contributed by atoms with van der Waals surface area (Å²) in [6.07, 6.45) is -0.281. The summed E-state index contributed by atoms with van der Waals surface area (Å²) in [7, 11) is 0. The Morgan fingerprint density at radius 3 is 3.05 bits per heavy atom. The van der Waals surface area contributed by atoms with Crippen LogP contribution < -0.4 is 9.47 Å². The molecular formula is C13H14N4O4. The molecule has 0 spiro atoms. The fourth-order valence-corrected chi connectivity index (χ4v) is 2.02. The summed E-state index contributed by atoms with van der Waals surface area (Å²) in [5.74, 6) is 0.870. The zero-order chi connectivity index (χ0) is 14.7. The highest BCUT2D eigenvalue weighted by Gasteiger charge is 2.25. The van der Waals surface area contributed by atoms with Crippen LogP contribution in [0.3, 0.4) is 0 Å². The van der Waals surface area contributed by atoms with Crippen LogP contribution in [-0.2, 0) is 11.3 Å². The van der Waals surface area contributed by atoms with Crippen molar-refractivity contribution in [2.45, 2.75) is 19.6 Å². The Labute approximate surface area is 120 Å². The van der Waals surface area contributed by atoms with Crippen molar-refractivity contribution in [1.29, 1.82) is 0 Å². The monoisotopic (exact) mass is 290 g/mol. The van der Waals surface area contributed by atoms with Gasteiger partial charge in [-0.05, 0) is 29.5 Å². The lowest BCUT2D eigenvalue weighted by molar-refractivity contribution is 0.0483. The second-order valence-electron chi connectivity index (χ2n) is 4.40. The van der Waals surface area contributed by atoms with E-state index in [4.69, 9.17) is 14.2 Å². The zero-order valence-corrected chi connectivity index (χ0v) is 11.4. The summed E-state index contributed by atoms with van der Waals surface area (Å²) >= 11 is 0. The van der Waals surface area contributed by atoms with Crippen LogP contribution >= 0.6 is 0 Å². The molecular weight excluding hydrogens is 276 g/mol. The number of para-hydroxylation sites is 2. The largest absolute Gasteiger partial charge is 0.486 e. The SMILES string of the molecule is CCOC(=O)c1nnnn1CC1COc2ccccc2O1. The molecule has 0 aliphatic carbocycles. The van der Waals surface area contributed by atoms with Gasteiger partial charge in [-0.1, -0.05) is 12.1 Å². The highest BCUT2D eigenvalue weighted by molar-refractivity contribution is 5.85. The van der Waals surface area contributed by atoms with Gasteiger partial charge >= 0.3 is 5.97 Å². The summed E-state index contributed by atoms with van der Waals surface area (Å²) in [5.41, 5.74) is 0. The van der Waals surface area contributed by atoms with Crippen molar-refractivity contribution >= 4 is 5.97 Å². The average Bonchev–Trinajstić information content (AvgIpc) is 2.95. The van der Waals surface area contributed by atoms with Crippen LogP contribution in [0, 0.1) is 0 Å². The third-order valence-corrected chi connectivity index (χ3v) is 2.93. The van der Waals surface area contributed by atoms with Crippen molar-refractivity contribution in [3.05, 3.63) is 30.1 Å². The number of aromatic nitrogens is 4. The van der Waals surface area contributed by atoms with Crippen LogP contribution in [0.1, 0.15) is 17.5 Å². The molecule has 8 nitrogen and oxygen atoms in total. The molecule has 1 aromatic carbocycles. The molecule has 0 radical (unpaired) electrons. The molecule has 0 amide bonds. The summed E-state index contributed by atoms with van der Waals surface area (Å²) in [6, 6.07) is 7.41. The predicted octanol–water partition coefficient (Wildman–Crippen LogP) is 0.690. The molecule has 110 valence electrons. The number of carbonyl (C=O) groups is 1. The molecule has 0 fully saturated rings. The molecule has 1 aromatic heterocycles. The standard InChI is InChI=1S/C13H14N4O4/c1-2-19-13(18)12-14-15-16-17(12)7-9-8-20-10-5-3-4-6-11(10)21-9/h3-6,9H,2,7-8H2,1H3. The van der Waals surface area contributed by atoms with E-state index in [0.717, 1.165) is 0 Å². The summed E-state index contributed by atoms with van der Waals surface area (Å²) in [6.45, 7) is 2.65. The molecule has 1 atom stereocenters. The van der Waals surface area contributed by atoms with Gasteiger partial charge in [0.15, 0.2) is 17.6 Å². The van der Waals surface area contributed by atoms with Gasteiger partial charge in [-0.2, -0.15) is 0 Å². The van der Waals surface area contributed by atoms with Crippen LogP contribution in [-0.4, -0.2) is 45.5 Å². The number of hydrogen-bond donors (Lipinski definition) is 0. The first-order chi connectivity index (χ1) is 10.3. The number of benzene rings is 1. The number of hydrogen-bond acceptors (Lipinski definition) is 7. The molecule has 3 rings (SSSR count). The van der Waals surface area contributed by atoms with E-state index in [2.05, 4.69) is 15.5 Å². The molecule has 0 bridgehead atoms. The third-order valence-electron chi connectivity index (χ3n) is 2.93. The minimum Gasteiger partial charge on any atom is -0.486 e. The number of nitrogens with zero attached hydrogens (tertiary/aromatic N) is 4. The number of rotatable bonds is 4. The Morgan fingerprint density at radius 1 is 1.43 bits per heavy atom. The molecule has 0 saturated heterocycles. The normalized spacial score (nSPS) is 16.5. The molecule has 8 heteroatoms. The molecule has 2 aromatic rings. The highest BCUT2D eigenvalue weighted by Crippen LogP contribution is 2.31. The van der Waals surface area contributed by atoms with Gasteiger partial charge < -0.3 is 14.2 Å². The Kier molecular flexibility index (Phi) is 3.67. The van der Waals surface area contributed by atoms with Gasteiger partial charge in [0.1, 0.15) is 6.61 Å². The lowest BCUT2D eigenvalue weighted by Gasteiger charge is -2.26. The molecule has 2 heterocycles. The number of esters is 1. The highest BCUT2D eigenvalue weighted by atomic mass is 16.6. The predicted molar refractivity (Wildman–Crippen MR) is 70.1 cm³/mol. The fourth-order valence-electron chi connectivity index (χ4n) is 2.02. The van der Waals surface area contributed by atoms with Gasteiger partial charge in [0, 0.05) is 0 Å². The Hall–Kier alpha value is -2.64. The van der Waals surface area contributed by atoms with Crippen molar-refractivity contribution < 1.29 is 19.0 Å². The zero-order valence-electron chi connectivity index (χ0n) is 11.4. The Morgan fingerprint density at radius 2 is 2.24 bits per heavy atom. The minimum absolute atomic E-state index is 0.0549. The Bertz CT molecular complexity index is 643. The third kappa shape index (κ3) is 2.78. The first-order valence-corrected chi connectivity index (χ1v) is 6.59. The van der Waals surface area contributed by atoms with E-state index in [9.17, 15) is 4.79 Å². The van der Waals surface area contributed by atoms with E-state index in [1.165, 1.54) is 4.68 Å². The van der Waals surface area contributed by atoms with Crippen molar-refractivity contribution in [1.82, 2.24) is 20.2 Å². The summed E-state index contributed by atoms with van der Waals surface area (Å²) < 4.78 is 17.7. The van der Waals surface area contributed by atoms with Crippen LogP contribution in [0.25, 0.3) is 0 Å². The van der Waals surface area contributed by atoms with Crippen LogP contribution in [0.5, 0.6) is 11.5 Å². The molecule has 21 heavy (non-hydrogen) atoms. The lowest BCUT2D eigenvalue weighted by atomic mass is 10.2. The topological polar surface area (TPSA) is 88.4 Å². The maximum atomic E-state index is 11.7. The van der Waals surface area contributed by atoms with Gasteiger partial charge in [-0.3, -0.25) is 0 Å². The van der Waals surface area contributed by atoms with Gasteiger partial charge in [0.25, 0.3) is 5.82 Å². The summed E-state index contributed by atoms with van der Waals surface area (Å²) in [4.78, 5) is 11.7. The van der Waals surface area contributed by atoms with E-state index in [0.29, 0.717) is 24.7 Å². The second-order valence-corrected chi connectivity index (χ2v) is 4.40. The smallest absolute Gasteiger partial charge is 0.378 e. The number of carbonyl (C=O) groups excluding carboxylic acids is 1. The number of fused-ring (bicyclic) bond motifs is 1. The average molecular weight is 290 g/mol. The van der Waals surface area contributed by atoms with E-state index >= 15 is 0 Å². The van der Waals surface area contributed by atoms with Gasteiger partial charge in [0.2, 0.25) is 0 Å². The van der Waals surface area contributed by atoms with Gasteiger partial charge in [-0.15, -0.1) is 5.10 Å².